The summed E-state index contributed by atoms with van der Waals surface area (Å²) >= 11 is 5.80. The third kappa shape index (κ3) is 7.58. The predicted octanol–water partition coefficient (Wildman–Crippen LogP) is 6.16. The van der Waals surface area contributed by atoms with Crippen LogP contribution >= 0.6 is 11.6 Å². The normalized spacial score (nSPS) is 15.6. The van der Waals surface area contributed by atoms with E-state index in [9.17, 15) is 18.8 Å². The summed E-state index contributed by atoms with van der Waals surface area (Å²) in [6, 6.07) is 13.2. The van der Waals surface area contributed by atoms with Gasteiger partial charge < -0.3 is 30.2 Å². The summed E-state index contributed by atoms with van der Waals surface area (Å²) in [6.45, 7) is 2.49. The largest absolute Gasteiger partial charge is 0.493 e. The van der Waals surface area contributed by atoms with Gasteiger partial charge in [-0.3, -0.25) is 24.3 Å². The van der Waals surface area contributed by atoms with Gasteiger partial charge in [0.1, 0.15) is 11.2 Å². The maximum atomic E-state index is 15.3. The van der Waals surface area contributed by atoms with E-state index in [0.717, 1.165) is 32.0 Å². The number of hydrogen-bond acceptors (Lipinski definition) is 8. The number of nitrogens with one attached hydrogen (secondary N) is 3. The molecule has 11 nitrogen and oxygen atoms in total. The number of carbonyl (C=O) groups is 3. The minimum Gasteiger partial charge on any atom is -0.493 e. The van der Waals surface area contributed by atoms with E-state index < -0.39 is 28.9 Å². The Morgan fingerprint density at radius 1 is 0.960 bits per heavy atom. The van der Waals surface area contributed by atoms with Gasteiger partial charge in [0.15, 0.2) is 28.9 Å². The second-order valence-electron chi connectivity index (χ2n) is 12.4. The van der Waals surface area contributed by atoms with Crippen molar-refractivity contribution >= 4 is 51.6 Å². The Bertz CT molecular complexity index is 1930. The zero-order chi connectivity index (χ0) is 35.4. The van der Waals surface area contributed by atoms with Crippen LogP contribution in [0.3, 0.4) is 0 Å². The zero-order valence-corrected chi connectivity index (χ0v) is 28.2. The number of nitrogens with zero attached hydrogens (tertiary/aromatic N) is 2. The van der Waals surface area contributed by atoms with Crippen molar-refractivity contribution in [1.82, 2.24) is 15.2 Å². The monoisotopic (exact) mass is 707 g/mol. The van der Waals surface area contributed by atoms with Crippen molar-refractivity contribution in [2.75, 3.05) is 51.0 Å². The van der Waals surface area contributed by atoms with Crippen molar-refractivity contribution in [1.29, 1.82) is 0 Å². The summed E-state index contributed by atoms with van der Waals surface area (Å²) in [5, 5.41) is 8.09. The molecule has 4 aromatic rings. The predicted molar refractivity (Wildman–Crippen MR) is 184 cm³/mol. The van der Waals surface area contributed by atoms with Crippen LogP contribution < -0.4 is 30.2 Å². The van der Waals surface area contributed by atoms with Crippen molar-refractivity contribution < 1.29 is 37.4 Å². The number of rotatable bonds is 12. The number of amides is 3. The average molecular weight is 708 g/mol. The smallest absolute Gasteiger partial charge is 0.240 e. The number of halogens is 3. The Hall–Kier alpha value is -5.01. The van der Waals surface area contributed by atoms with E-state index in [1.807, 2.05) is 0 Å². The highest BCUT2D eigenvalue weighted by molar-refractivity contribution is 6.31. The van der Waals surface area contributed by atoms with Crippen molar-refractivity contribution in [3.8, 4) is 23.0 Å². The maximum absolute atomic E-state index is 15.3. The van der Waals surface area contributed by atoms with Gasteiger partial charge in [0, 0.05) is 36.5 Å². The first-order chi connectivity index (χ1) is 24.1. The van der Waals surface area contributed by atoms with Crippen LogP contribution in [0.15, 0.2) is 60.8 Å². The van der Waals surface area contributed by atoms with E-state index in [-0.39, 0.29) is 40.9 Å². The topological polar surface area (TPSA) is 131 Å². The maximum Gasteiger partial charge on any atom is 0.240 e. The number of aromatic nitrogens is 1. The van der Waals surface area contributed by atoms with Crippen molar-refractivity contribution in [2.24, 2.45) is 11.3 Å². The Labute approximate surface area is 292 Å². The van der Waals surface area contributed by atoms with Gasteiger partial charge >= 0.3 is 0 Å². The highest BCUT2D eigenvalue weighted by Gasteiger charge is 2.56. The number of likely N-dealkylation sites (tertiary alicyclic amines) is 1. The molecule has 14 heteroatoms. The number of ether oxygens (including phenoxy) is 3. The summed E-state index contributed by atoms with van der Waals surface area (Å²) in [6.07, 6.45) is 3.85. The molecule has 0 unspecified atom stereocenters. The molecule has 0 atom stereocenters. The summed E-state index contributed by atoms with van der Waals surface area (Å²) < 4.78 is 47.4. The molecule has 2 fully saturated rings. The second kappa shape index (κ2) is 14.9. The molecule has 1 aliphatic carbocycles. The molecule has 2 aliphatic rings. The summed E-state index contributed by atoms with van der Waals surface area (Å²) in [7, 11) is 3.16. The number of likely N-dealkylation sites (N-methyl/N-ethyl adjacent to an activating group) is 1. The van der Waals surface area contributed by atoms with Crippen LogP contribution in [0.25, 0.3) is 10.9 Å². The third-order valence-corrected chi connectivity index (χ3v) is 9.34. The summed E-state index contributed by atoms with van der Waals surface area (Å²) in [5.74, 6) is -1.35. The molecule has 2 heterocycles. The van der Waals surface area contributed by atoms with E-state index in [4.69, 9.17) is 25.8 Å². The summed E-state index contributed by atoms with van der Waals surface area (Å²) in [4.78, 5) is 44.3. The lowest BCUT2D eigenvalue weighted by atomic mass is 9.98. The fourth-order valence-electron chi connectivity index (χ4n) is 5.85. The Morgan fingerprint density at radius 3 is 2.42 bits per heavy atom. The number of hydrogen-bond donors (Lipinski definition) is 3. The van der Waals surface area contributed by atoms with Crippen LogP contribution in [-0.2, 0) is 14.4 Å². The first kappa shape index (κ1) is 34.8. The van der Waals surface area contributed by atoms with Gasteiger partial charge in [0.25, 0.3) is 0 Å². The first-order valence-corrected chi connectivity index (χ1v) is 16.5. The molecule has 262 valence electrons. The molecular formula is C36H36ClF2N5O6. The molecule has 0 bridgehead atoms. The minimum atomic E-state index is -1.41. The van der Waals surface area contributed by atoms with Crippen LogP contribution in [0.5, 0.6) is 23.0 Å². The quantitative estimate of drug-likeness (QED) is 0.149. The molecule has 1 saturated carbocycles. The SMILES string of the molecule is CNC(=O)CN1CCC(COc2cc3nccc(Oc4ccc(NC(=O)C5(C(=O)Nc6cccc(Cl)c6F)CC5)cc4F)c3cc2OC)CC1. The number of piperidine rings is 1. The van der Waals surface area contributed by atoms with Gasteiger partial charge in [0.2, 0.25) is 17.7 Å². The number of pyridine rings is 1. The molecule has 50 heavy (non-hydrogen) atoms. The molecule has 1 aromatic heterocycles. The van der Waals surface area contributed by atoms with Crippen molar-refractivity contribution in [3.05, 3.63) is 77.5 Å². The molecule has 1 saturated heterocycles. The van der Waals surface area contributed by atoms with Gasteiger partial charge in [0.05, 0.1) is 36.5 Å². The third-order valence-electron chi connectivity index (χ3n) is 9.04. The molecule has 0 radical (unpaired) electrons. The molecule has 3 aromatic carbocycles. The second-order valence-corrected chi connectivity index (χ2v) is 12.8. The van der Waals surface area contributed by atoms with Crippen molar-refractivity contribution in [3.63, 3.8) is 0 Å². The number of methoxy groups -OCH3 is 1. The Morgan fingerprint density at radius 2 is 1.72 bits per heavy atom. The standard InChI is InChI=1S/C36H36ClF2N5O6/c1-40-32(45)19-44-14-9-21(10-15-44)20-49-31-18-27-23(17-30(31)48-2)28(8-13-41-27)50-29-7-6-22(16-25(29)38)42-34(46)36(11-12-36)35(47)43-26-5-3-4-24(37)33(26)39/h3-8,13,16-18,21H,9-12,14-15,19-20H2,1-2H3,(H,40,45)(H,42,46)(H,43,47). The van der Waals surface area contributed by atoms with Crippen LogP contribution in [0.2, 0.25) is 5.02 Å². The van der Waals surface area contributed by atoms with E-state index in [1.165, 1.54) is 43.6 Å². The minimum absolute atomic E-state index is 0.000778. The Balaban J connectivity index is 1.10. The van der Waals surface area contributed by atoms with Gasteiger partial charge in [-0.05, 0) is 81.1 Å². The van der Waals surface area contributed by atoms with Crippen LogP contribution in [-0.4, -0.2) is 68.0 Å². The fourth-order valence-corrected chi connectivity index (χ4v) is 6.02. The fraction of sp³-hybridized carbons (Fsp3) is 0.333. The van der Waals surface area contributed by atoms with Crippen LogP contribution in [0, 0.1) is 23.0 Å². The van der Waals surface area contributed by atoms with Crippen LogP contribution in [0.1, 0.15) is 25.7 Å². The van der Waals surface area contributed by atoms with E-state index in [0.29, 0.717) is 47.2 Å². The summed E-state index contributed by atoms with van der Waals surface area (Å²) in [5.41, 5.74) is -0.878. The molecule has 1 aliphatic heterocycles. The molecule has 6 rings (SSSR count). The van der Waals surface area contributed by atoms with E-state index in [2.05, 4.69) is 25.8 Å². The van der Waals surface area contributed by atoms with E-state index >= 15 is 4.39 Å². The highest BCUT2D eigenvalue weighted by atomic mass is 35.5. The number of carbonyl (C=O) groups excluding carboxylic acids is 3. The lowest BCUT2D eigenvalue weighted by Crippen LogP contribution is -2.41. The zero-order valence-electron chi connectivity index (χ0n) is 27.5. The van der Waals surface area contributed by atoms with Gasteiger partial charge in [-0.2, -0.15) is 0 Å². The van der Waals surface area contributed by atoms with Gasteiger partial charge in [-0.1, -0.05) is 17.7 Å². The van der Waals surface area contributed by atoms with Gasteiger partial charge in [-0.25, -0.2) is 8.78 Å². The lowest BCUT2D eigenvalue weighted by molar-refractivity contribution is -0.131. The van der Waals surface area contributed by atoms with Gasteiger partial charge in [-0.15, -0.1) is 0 Å². The molecule has 3 amide bonds. The lowest BCUT2D eigenvalue weighted by Gasteiger charge is -2.31. The number of fused-ring (bicyclic) bond motifs is 1. The highest BCUT2D eigenvalue weighted by Crippen LogP contribution is 2.48. The van der Waals surface area contributed by atoms with E-state index in [1.54, 1.807) is 25.2 Å². The average Bonchev–Trinajstić information content (AvgIpc) is 3.93. The van der Waals surface area contributed by atoms with Crippen LogP contribution in [0.4, 0.5) is 20.2 Å². The number of anilines is 2. The first-order valence-electron chi connectivity index (χ1n) is 16.2. The molecule has 0 spiro atoms. The molecular weight excluding hydrogens is 672 g/mol. The molecule has 3 N–H and O–H groups in total. The Kier molecular flexibility index (Phi) is 10.3. The van der Waals surface area contributed by atoms with Crippen molar-refractivity contribution in [2.45, 2.75) is 25.7 Å². The number of benzene rings is 3.